The summed E-state index contributed by atoms with van der Waals surface area (Å²) in [6.07, 6.45) is 6.59. The molecule has 0 saturated heterocycles. The highest BCUT2D eigenvalue weighted by atomic mass is 16.5. The Kier molecular flexibility index (Phi) is 6.97. The fourth-order valence-corrected chi connectivity index (χ4v) is 7.66. The highest BCUT2D eigenvalue weighted by molar-refractivity contribution is 6.04. The molecule has 4 heteroatoms. The van der Waals surface area contributed by atoms with Gasteiger partial charge < -0.3 is 9.47 Å². The topological polar surface area (TPSA) is 52.6 Å². The Labute approximate surface area is 239 Å². The van der Waals surface area contributed by atoms with Gasteiger partial charge in [0.2, 0.25) is 0 Å². The minimum Gasteiger partial charge on any atom is -0.466 e. The third-order valence-electron chi connectivity index (χ3n) is 9.76. The van der Waals surface area contributed by atoms with Crippen LogP contribution in [0.2, 0.25) is 0 Å². The van der Waals surface area contributed by atoms with Gasteiger partial charge in [-0.15, -0.1) is 0 Å². The zero-order valence-corrected chi connectivity index (χ0v) is 25.6. The van der Waals surface area contributed by atoms with Crippen LogP contribution in [0.3, 0.4) is 0 Å². The second kappa shape index (κ2) is 9.90. The Balaban J connectivity index is 1.86. The van der Waals surface area contributed by atoms with Crippen LogP contribution in [0.5, 0.6) is 0 Å². The van der Waals surface area contributed by atoms with Crippen LogP contribution in [0.25, 0.3) is 11.1 Å². The van der Waals surface area contributed by atoms with Crippen LogP contribution in [-0.4, -0.2) is 26.2 Å². The maximum atomic E-state index is 13.6. The van der Waals surface area contributed by atoms with Crippen molar-refractivity contribution in [2.75, 3.05) is 14.2 Å². The Morgan fingerprint density at radius 2 is 1.57 bits per heavy atom. The lowest BCUT2D eigenvalue weighted by atomic mass is 9.70. The van der Waals surface area contributed by atoms with Crippen molar-refractivity contribution in [2.45, 2.75) is 67.2 Å². The number of aryl methyl sites for hydroxylation is 2. The predicted octanol–water partition coefficient (Wildman–Crippen LogP) is 7.99. The summed E-state index contributed by atoms with van der Waals surface area (Å²) in [5.74, 6) is -0.578. The molecule has 0 aromatic rings. The molecule has 0 aliphatic heterocycles. The second-order valence-corrected chi connectivity index (χ2v) is 12.7. The van der Waals surface area contributed by atoms with Crippen molar-refractivity contribution in [3.63, 3.8) is 0 Å². The minimum atomic E-state index is -0.707. The summed E-state index contributed by atoms with van der Waals surface area (Å²) in [5, 5.41) is 0. The van der Waals surface area contributed by atoms with Crippen LogP contribution in [-0.2, 0) is 19.1 Å². The number of esters is 2. The lowest BCUT2D eigenvalue weighted by Crippen LogP contribution is -2.29. The van der Waals surface area contributed by atoms with Gasteiger partial charge in [0.1, 0.15) is 0 Å². The number of rotatable bonds is 5. The molecule has 40 heavy (non-hydrogen) atoms. The van der Waals surface area contributed by atoms with Gasteiger partial charge in [0, 0.05) is 23.2 Å². The van der Waals surface area contributed by atoms with Crippen LogP contribution in [0, 0.1) is 37.0 Å². The molecule has 0 aromatic heterocycles. The predicted molar refractivity (Wildman–Crippen MR) is 160 cm³/mol. The van der Waals surface area contributed by atoms with Gasteiger partial charge in [0.25, 0.3) is 0 Å². The molecule has 4 nitrogen and oxygen atoms in total. The van der Waals surface area contributed by atoms with E-state index in [1.54, 1.807) is 0 Å². The van der Waals surface area contributed by atoms with Crippen LogP contribution in [0.4, 0.5) is 0 Å². The highest BCUT2D eigenvalue weighted by Gasteiger charge is 2.61. The van der Waals surface area contributed by atoms with E-state index in [-0.39, 0.29) is 17.8 Å². The lowest BCUT2D eigenvalue weighted by Gasteiger charge is -2.32. The number of carbonyl (C=O) groups excluding carboxylic acids is 2. The molecule has 0 saturated carbocycles. The maximum Gasteiger partial charge on any atom is 0.335 e. The molecule has 5 aliphatic carbocycles. The fourth-order valence-electron chi connectivity index (χ4n) is 7.66. The summed E-state index contributed by atoms with van der Waals surface area (Å²) >= 11 is 0. The van der Waals surface area contributed by atoms with Crippen LogP contribution in [0.15, 0.2) is 70.4 Å². The van der Waals surface area contributed by atoms with E-state index >= 15 is 0 Å². The lowest BCUT2D eigenvalue weighted by molar-refractivity contribution is -0.139. The Morgan fingerprint density at radius 3 is 2.17 bits per heavy atom. The normalized spacial score (nSPS) is 25.6. The Hall–Kier alpha value is -3.40. The largest absolute Gasteiger partial charge is 0.466 e. The molecule has 0 bridgehead atoms. The first kappa shape index (κ1) is 28.1. The van der Waals surface area contributed by atoms with E-state index in [2.05, 4.69) is 97.9 Å². The molecule has 210 valence electrons. The molecule has 0 aromatic carbocycles. The first-order valence-corrected chi connectivity index (χ1v) is 14.4. The smallest absolute Gasteiger partial charge is 0.335 e. The molecule has 0 unspecified atom stereocenters. The number of carbonyl (C=O) groups is 2. The van der Waals surface area contributed by atoms with E-state index in [0.29, 0.717) is 23.0 Å². The molecule has 4 atom stereocenters. The molecular formula is C36H42O4. The fraction of sp³-hybridized carbons (Fsp3) is 0.444. The van der Waals surface area contributed by atoms with Gasteiger partial charge in [-0.3, -0.25) is 0 Å². The highest BCUT2D eigenvalue weighted by Crippen LogP contribution is 2.67. The van der Waals surface area contributed by atoms with Crippen molar-refractivity contribution in [1.82, 2.24) is 0 Å². The third kappa shape index (κ3) is 3.94. The van der Waals surface area contributed by atoms with Gasteiger partial charge in [-0.05, 0) is 77.1 Å². The number of fused-ring (bicyclic) bond motifs is 1. The van der Waals surface area contributed by atoms with E-state index in [0.717, 1.165) is 0 Å². The van der Waals surface area contributed by atoms with Crippen molar-refractivity contribution < 1.29 is 19.1 Å². The van der Waals surface area contributed by atoms with Crippen LogP contribution < -0.4 is 0 Å². The maximum absolute atomic E-state index is 13.6. The van der Waals surface area contributed by atoms with E-state index < -0.39 is 17.4 Å². The van der Waals surface area contributed by atoms with Gasteiger partial charge in [-0.25, -0.2) is 9.59 Å². The van der Waals surface area contributed by atoms with E-state index in [9.17, 15) is 9.59 Å². The van der Waals surface area contributed by atoms with Gasteiger partial charge in [-0.1, -0.05) is 82.7 Å². The van der Waals surface area contributed by atoms with E-state index in [4.69, 9.17) is 9.47 Å². The summed E-state index contributed by atoms with van der Waals surface area (Å²) in [4.78, 5) is 27.1. The number of methoxy groups -OCH3 is 2. The first-order valence-electron chi connectivity index (χ1n) is 14.4. The number of hydrogen-bond acceptors (Lipinski definition) is 4. The van der Waals surface area contributed by atoms with Gasteiger partial charge in [-0.2, -0.15) is 0 Å². The Bertz CT molecular complexity index is 1510. The van der Waals surface area contributed by atoms with Gasteiger partial charge >= 0.3 is 11.9 Å². The monoisotopic (exact) mass is 538 g/mol. The van der Waals surface area contributed by atoms with Crippen molar-refractivity contribution >= 4 is 11.9 Å². The van der Waals surface area contributed by atoms with Gasteiger partial charge in [0.05, 0.1) is 25.4 Å². The summed E-state index contributed by atoms with van der Waals surface area (Å²) in [5.41, 5.74) is 11.3. The molecule has 0 heterocycles. The minimum absolute atomic E-state index is 0.0773. The molecule has 5 aliphatic rings. The molecule has 0 N–H and O–H groups in total. The average Bonchev–Trinajstić information content (AvgIpc) is 3.35. The molecule has 0 fully saturated rings. The molecule has 0 radical (unpaired) electrons. The van der Waals surface area contributed by atoms with Crippen molar-refractivity contribution in [3.05, 3.63) is 92.6 Å². The van der Waals surface area contributed by atoms with Crippen LogP contribution in [0.1, 0.15) is 75.6 Å². The molecular weight excluding hydrogens is 496 g/mol. The van der Waals surface area contributed by atoms with Crippen molar-refractivity contribution in [2.24, 2.45) is 23.2 Å². The summed E-state index contributed by atoms with van der Waals surface area (Å²) in [7, 11) is 2.79. The van der Waals surface area contributed by atoms with Gasteiger partial charge in [0.15, 0.2) is 0 Å². The number of hydrogen-bond donors (Lipinski definition) is 0. The summed E-state index contributed by atoms with van der Waals surface area (Å²) in [6, 6.07) is 9.10. The third-order valence-corrected chi connectivity index (χ3v) is 9.76. The van der Waals surface area contributed by atoms with E-state index in [1.165, 1.54) is 64.3 Å². The van der Waals surface area contributed by atoms with Crippen LogP contribution >= 0.6 is 0 Å². The van der Waals surface area contributed by atoms with E-state index in [1.807, 2.05) is 0 Å². The average molecular weight is 539 g/mol. The van der Waals surface area contributed by atoms with Crippen molar-refractivity contribution in [3.8, 4) is 11.1 Å². The molecule has 5 rings (SSSR count). The Morgan fingerprint density at radius 1 is 0.900 bits per heavy atom. The summed E-state index contributed by atoms with van der Waals surface area (Å²) in [6.45, 7) is 17.5. The van der Waals surface area contributed by atoms with Crippen molar-refractivity contribution in [1.29, 1.82) is 0 Å². The molecule has 0 amide bonds. The SMILES string of the molecule is COC(=O)C1=C(C(=O)OC)[C@@]2(C)C=CC(C(C)C)=CC3=C(C)[C@H](c4cc(C)c5cc(C(C)C)ccc(C)c4-5)[C@@H]1[C@H]32. The zero-order valence-electron chi connectivity index (χ0n) is 25.6. The number of allylic oxidation sites excluding steroid dienone is 6. The quantitative estimate of drug-likeness (QED) is 0.362. The second-order valence-electron chi connectivity index (χ2n) is 12.7. The number of ether oxygens (including phenoxy) is 2. The summed E-state index contributed by atoms with van der Waals surface area (Å²) < 4.78 is 10.7. The standard InChI is InChI=1S/C36H42O4/c1-18(2)23-12-11-20(5)28-25(16-23)21(6)15-27(28)29-22(7)26-17-24(19(3)4)13-14-36(8)32(26)30(29)31(34(37)39-9)33(36)35(38)40-10/h11-19,29-30,32H,1-10H3/t29-,30+,32+,36+/m1/s1. The first-order chi connectivity index (χ1) is 18.9. The zero-order chi connectivity index (χ0) is 29.3. The molecule has 0 spiro atoms.